The Morgan fingerprint density at radius 3 is 2.67 bits per heavy atom. The third kappa shape index (κ3) is 5.11. The maximum Gasteiger partial charge on any atom is 0.248 e. The van der Waals surface area contributed by atoms with Crippen molar-refractivity contribution < 1.29 is 17.9 Å². The van der Waals surface area contributed by atoms with Crippen LogP contribution in [0.2, 0.25) is 0 Å². The number of nitrogens with zero attached hydrogens (tertiary/aromatic N) is 1. The molecule has 1 aromatic rings. The van der Waals surface area contributed by atoms with Crippen molar-refractivity contribution in [1.29, 1.82) is 0 Å². The summed E-state index contributed by atoms with van der Waals surface area (Å²) in [4.78, 5) is 13.1. The number of hydrogen-bond acceptors (Lipinski definition) is 4. The highest BCUT2D eigenvalue weighted by Crippen LogP contribution is 2.07. The minimum absolute atomic E-state index is 0.0513. The standard InChI is InChI=1S/C14H20N2O4S/c1-12-2-4-13(5-3-12)11-21(18,19)15-6-7-16-8-9-20-10-14(16)17/h2-5,15H,6-11H2,1H3. The number of aryl methyl sites for hydroxylation is 1. The fourth-order valence-corrected chi connectivity index (χ4v) is 3.21. The molecule has 0 aromatic heterocycles. The normalized spacial score (nSPS) is 16.2. The first kappa shape index (κ1) is 15.9. The van der Waals surface area contributed by atoms with Crippen molar-refractivity contribution in [2.24, 2.45) is 0 Å². The fraction of sp³-hybridized carbons (Fsp3) is 0.500. The number of amides is 1. The Kier molecular flexibility index (Phi) is 5.33. The molecule has 1 saturated heterocycles. The van der Waals surface area contributed by atoms with Crippen LogP contribution in [-0.4, -0.2) is 52.1 Å². The first-order valence-electron chi connectivity index (χ1n) is 6.85. The fourth-order valence-electron chi connectivity index (χ4n) is 2.08. The van der Waals surface area contributed by atoms with Crippen LogP contribution in [0.25, 0.3) is 0 Å². The van der Waals surface area contributed by atoms with Crippen molar-refractivity contribution in [2.75, 3.05) is 32.8 Å². The Morgan fingerprint density at radius 1 is 1.29 bits per heavy atom. The summed E-state index contributed by atoms with van der Waals surface area (Å²) in [5.41, 5.74) is 1.84. The molecule has 1 N–H and O–H groups in total. The van der Waals surface area contributed by atoms with Crippen molar-refractivity contribution in [1.82, 2.24) is 9.62 Å². The molecule has 0 unspecified atom stereocenters. The van der Waals surface area contributed by atoms with Gasteiger partial charge in [-0.15, -0.1) is 0 Å². The second kappa shape index (κ2) is 7.02. The molecule has 0 saturated carbocycles. The van der Waals surface area contributed by atoms with E-state index in [0.717, 1.165) is 11.1 Å². The zero-order chi connectivity index (χ0) is 15.3. The average Bonchev–Trinajstić information content (AvgIpc) is 2.43. The van der Waals surface area contributed by atoms with Gasteiger partial charge in [0.2, 0.25) is 15.9 Å². The number of nitrogens with one attached hydrogen (secondary N) is 1. The molecule has 1 aromatic carbocycles. The van der Waals surface area contributed by atoms with Gasteiger partial charge < -0.3 is 9.64 Å². The number of ether oxygens (including phenoxy) is 1. The maximum atomic E-state index is 12.0. The molecule has 1 heterocycles. The zero-order valence-electron chi connectivity index (χ0n) is 12.0. The molecule has 7 heteroatoms. The Labute approximate surface area is 125 Å². The molecule has 6 nitrogen and oxygen atoms in total. The molecular weight excluding hydrogens is 292 g/mol. The highest BCUT2D eigenvalue weighted by Gasteiger charge is 2.19. The summed E-state index contributed by atoms with van der Waals surface area (Å²) >= 11 is 0. The van der Waals surface area contributed by atoms with Gasteiger partial charge in [0.15, 0.2) is 0 Å². The Hall–Kier alpha value is -1.44. The average molecular weight is 312 g/mol. The largest absolute Gasteiger partial charge is 0.370 e. The van der Waals surface area contributed by atoms with E-state index in [4.69, 9.17) is 4.74 Å². The molecular formula is C14H20N2O4S. The van der Waals surface area contributed by atoms with E-state index in [1.807, 2.05) is 19.1 Å². The lowest BCUT2D eigenvalue weighted by Gasteiger charge is -2.26. The van der Waals surface area contributed by atoms with Gasteiger partial charge in [-0.05, 0) is 12.5 Å². The Balaban J connectivity index is 1.81. The second-order valence-electron chi connectivity index (χ2n) is 5.07. The quantitative estimate of drug-likeness (QED) is 0.818. The highest BCUT2D eigenvalue weighted by atomic mass is 32.2. The molecule has 1 aliphatic rings. The van der Waals surface area contributed by atoms with Gasteiger partial charge in [0, 0.05) is 19.6 Å². The Bertz CT molecular complexity index is 583. The molecule has 0 aliphatic carbocycles. The smallest absolute Gasteiger partial charge is 0.248 e. The van der Waals surface area contributed by atoms with Crippen LogP contribution >= 0.6 is 0 Å². The molecule has 116 valence electrons. The maximum absolute atomic E-state index is 12.0. The number of benzene rings is 1. The van der Waals surface area contributed by atoms with Gasteiger partial charge in [0.1, 0.15) is 6.61 Å². The molecule has 2 rings (SSSR count). The summed E-state index contributed by atoms with van der Waals surface area (Å²) in [7, 11) is -3.38. The first-order valence-corrected chi connectivity index (χ1v) is 8.50. The van der Waals surface area contributed by atoms with E-state index in [9.17, 15) is 13.2 Å². The van der Waals surface area contributed by atoms with Gasteiger partial charge in [-0.25, -0.2) is 13.1 Å². The number of sulfonamides is 1. The van der Waals surface area contributed by atoms with Crippen molar-refractivity contribution in [3.63, 3.8) is 0 Å². The molecule has 0 spiro atoms. The van der Waals surface area contributed by atoms with Gasteiger partial charge in [0.05, 0.1) is 12.4 Å². The molecule has 21 heavy (non-hydrogen) atoms. The number of morpholine rings is 1. The van der Waals surface area contributed by atoms with Crippen molar-refractivity contribution in [2.45, 2.75) is 12.7 Å². The predicted octanol–water partition coefficient (Wildman–Crippen LogP) is 0.273. The monoisotopic (exact) mass is 312 g/mol. The Morgan fingerprint density at radius 2 is 2.00 bits per heavy atom. The summed E-state index contributed by atoms with van der Waals surface area (Å²) in [6, 6.07) is 7.38. The summed E-state index contributed by atoms with van der Waals surface area (Å²) < 4.78 is 31.5. The van der Waals surface area contributed by atoms with Crippen molar-refractivity contribution in [3.05, 3.63) is 35.4 Å². The molecule has 0 bridgehead atoms. The van der Waals surface area contributed by atoms with Crippen LogP contribution in [0.3, 0.4) is 0 Å². The molecule has 0 radical (unpaired) electrons. The van der Waals surface area contributed by atoms with Gasteiger partial charge in [0.25, 0.3) is 0 Å². The number of rotatable bonds is 6. The van der Waals surface area contributed by atoms with Crippen LogP contribution < -0.4 is 4.72 Å². The van der Waals surface area contributed by atoms with Gasteiger partial charge in [-0.2, -0.15) is 0 Å². The lowest BCUT2D eigenvalue weighted by atomic mass is 10.2. The van der Waals surface area contributed by atoms with Crippen LogP contribution in [-0.2, 0) is 25.3 Å². The van der Waals surface area contributed by atoms with Crippen molar-refractivity contribution >= 4 is 15.9 Å². The predicted molar refractivity (Wildman–Crippen MR) is 79.2 cm³/mol. The summed E-state index contributed by atoms with van der Waals surface area (Å²) in [5.74, 6) is -0.149. The lowest BCUT2D eigenvalue weighted by molar-refractivity contribution is -0.142. The number of hydrogen-bond donors (Lipinski definition) is 1. The number of carbonyl (C=O) groups excluding carboxylic acids is 1. The van der Waals surface area contributed by atoms with Gasteiger partial charge >= 0.3 is 0 Å². The molecule has 1 aliphatic heterocycles. The summed E-state index contributed by atoms with van der Waals surface area (Å²) in [6.45, 7) is 3.64. The van der Waals surface area contributed by atoms with Crippen LogP contribution in [0.4, 0.5) is 0 Å². The minimum Gasteiger partial charge on any atom is -0.370 e. The highest BCUT2D eigenvalue weighted by molar-refractivity contribution is 7.88. The first-order chi connectivity index (χ1) is 9.96. The summed E-state index contributed by atoms with van der Waals surface area (Å²) in [6.07, 6.45) is 0. The third-order valence-electron chi connectivity index (χ3n) is 3.26. The number of carbonyl (C=O) groups is 1. The molecule has 1 fully saturated rings. The molecule has 1 amide bonds. The van der Waals surface area contributed by atoms with E-state index in [0.29, 0.717) is 19.7 Å². The third-order valence-corrected chi connectivity index (χ3v) is 4.62. The van der Waals surface area contributed by atoms with E-state index in [-0.39, 0.29) is 24.8 Å². The van der Waals surface area contributed by atoms with E-state index in [1.54, 1.807) is 17.0 Å². The SMILES string of the molecule is Cc1ccc(CS(=O)(=O)NCCN2CCOCC2=O)cc1. The van der Waals surface area contributed by atoms with Crippen molar-refractivity contribution in [3.8, 4) is 0 Å². The zero-order valence-corrected chi connectivity index (χ0v) is 12.9. The van der Waals surface area contributed by atoms with E-state index >= 15 is 0 Å². The minimum atomic E-state index is -3.38. The second-order valence-corrected chi connectivity index (χ2v) is 6.88. The van der Waals surface area contributed by atoms with E-state index in [2.05, 4.69) is 4.72 Å². The van der Waals surface area contributed by atoms with Crippen LogP contribution in [0.15, 0.2) is 24.3 Å². The van der Waals surface area contributed by atoms with Crippen LogP contribution in [0, 0.1) is 6.92 Å². The van der Waals surface area contributed by atoms with E-state index in [1.165, 1.54) is 0 Å². The van der Waals surface area contributed by atoms with Gasteiger partial charge in [-0.1, -0.05) is 29.8 Å². The molecule has 0 atom stereocenters. The summed E-state index contributed by atoms with van der Waals surface area (Å²) in [5, 5.41) is 0. The lowest BCUT2D eigenvalue weighted by Crippen LogP contribution is -2.45. The van der Waals surface area contributed by atoms with E-state index < -0.39 is 10.0 Å². The van der Waals surface area contributed by atoms with Crippen LogP contribution in [0.5, 0.6) is 0 Å². The van der Waals surface area contributed by atoms with Gasteiger partial charge in [-0.3, -0.25) is 4.79 Å². The van der Waals surface area contributed by atoms with Crippen LogP contribution in [0.1, 0.15) is 11.1 Å². The topological polar surface area (TPSA) is 75.7 Å².